The first-order chi connectivity index (χ1) is 29.1. The SMILES string of the molecule is CCCCCCCC/C=C/CCCCCCCCCC(=O)OC[C@H](COP(=O)(O)OC[C@H](N)C(=O)O)OC(=O)CCCCCCCCCCCCCCCCCCCCC. The number of allylic oxidation sites excluding steroid dienone is 2. The Morgan fingerprint density at radius 1 is 0.500 bits per heavy atom. The van der Waals surface area contributed by atoms with E-state index in [-0.39, 0.29) is 19.4 Å². The third kappa shape index (κ3) is 42.9. The summed E-state index contributed by atoms with van der Waals surface area (Å²) in [7, 11) is -4.72. The summed E-state index contributed by atoms with van der Waals surface area (Å²) in [6.07, 6.45) is 45.5. The van der Waals surface area contributed by atoms with E-state index in [1.54, 1.807) is 0 Å². The molecule has 4 N–H and O–H groups in total. The van der Waals surface area contributed by atoms with Crippen molar-refractivity contribution < 1.29 is 47.5 Å². The van der Waals surface area contributed by atoms with E-state index in [0.29, 0.717) is 12.8 Å². The van der Waals surface area contributed by atoms with Gasteiger partial charge < -0.3 is 25.2 Å². The zero-order chi connectivity index (χ0) is 44.2. The van der Waals surface area contributed by atoms with Crippen molar-refractivity contribution in [1.82, 2.24) is 0 Å². The molecule has 0 amide bonds. The van der Waals surface area contributed by atoms with Crippen LogP contribution >= 0.6 is 7.82 Å². The Morgan fingerprint density at radius 3 is 1.22 bits per heavy atom. The van der Waals surface area contributed by atoms with Gasteiger partial charge in [-0.15, -0.1) is 0 Å². The number of aliphatic carboxylic acids is 1. The zero-order valence-electron chi connectivity index (χ0n) is 38.6. The summed E-state index contributed by atoms with van der Waals surface area (Å²) in [4.78, 5) is 46.1. The molecular formula is C48H92NO10P. The minimum absolute atomic E-state index is 0.167. The van der Waals surface area contributed by atoms with E-state index in [1.165, 1.54) is 161 Å². The molecule has 0 aromatic carbocycles. The highest BCUT2D eigenvalue weighted by Crippen LogP contribution is 2.43. The monoisotopic (exact) mass is 874 g/mol. The summed E-state index contributed by atoms with van der Waals surface area (Å²) in [6.45, 7) is 2.84. The molecule has 0 radical (unpaired) electrons. The maximum atomic E-state index is 12.7. The predicted molar refractivity (Wildman–Crippen MR) is 245 cm³/mol. The van der Waals surface area contributed by atoms with E-state index in [9.17, 15) is 23.8 Å². The number of hydrogen-bond acceptors (Lipinski definition) is 9. The molecule has 12 heteroatoms. The van der Waals surface area contributed by atoms with Crippen LogP contribution in [0.3, 0.4) is 0 Å². The van der Waals surface area contributed by atoms with Crippen LogP contribution in [0.2, 0.25) is 0 Å². The van der Waals surface area contributed by atoms with Crippen LogP contribution in [0.15, 0.2) is 12.2 Å². The van der Waals surface area contributed by atoms with E-state index >= 15 is 0 Å². The fourth-order valence-electron chi connectivity index (χ4n) is 7.12. The molecule has 354 valence electrons. The van der Waals surface area contributed by atoms with Crippen molar-refractivity contribution in [2.75, 3.05) is 19.8 Å². The molecular weight excluding hydrogens is 781 g/mol. The van der Waals surface area contributed by atoms with E-state index < -0.39 is 51.1 Å². The van der Waals surface area contributed by atoms with Gasteiger partial charge >= 0.3 is 25.7 Å². The Kier molecular flexibility index (Phi) is 42.6. The highest BCUT2D eigenvalue weighted by molar-refractivity contribution is 7.47. The summed E-state index contributed by atoms with van der Waals surface area (Å²) >= 11 is 0. The number of phosphoric ester groups is 1. The van der Waals surface area contributed by atoms with Crippen LogP contribution in [-0.2, 0) is 37.5 Å². The van der Waals surface area contributed by atoms with Crippen molar-refractivity contribution in [3.05, 3.63) is 12.2 Å². The Hall–Kier alpha value is -1.78. The smallest absolute Gasteiger partial charge is 0.472 e. The van der Waals surface area contributed by atoms with Gasteiger partial charge in [0.2, 0.25) is 0 Å². The number of ether oxygens (including phenoxy) is 2. The van der Waals surface area contributed by atoms with Crippen LogP contribution in [0.4, 0.5) is 0 Å². The molecule has 0 spiro atoms. The van der Waals surface area contributed by atoms with E-state index in [4.69, 9.17) is 24.8 Å². The number of esters is 2. The highest BCUT2D eigenvalue weighted by atomic mass is 31.2. The molecule has 0 heterocycles. The summed E-state index contributed by atoms with van der Waals surface area (Å²) in [5, 5.41) is 8.91. The largest absolute Gasteiger partial charge is 0.480 e. The number of unbranched alkanes of at least 4 members (excludes halogenated alkanes) is 31. The number of carboxylic acid groups (broad SMARTS) is 1. The number of carbonyl (C=O) groups is 3. The summed E-state index contributed by atoms with van der Waals surface area (Å²) in [5.74, 6) is -2.36. The normalized spacial score (nSPS) is 13.7. The summed E-state index contributed by atoms with van der Waals surface area (Å²) < 4.78 is 32.8. The maximum Gasteiger partial charge on any atom is 0.472 e. The van der Waals surface area contributed by atoms with Gasteiger partial charge in [-0.2, -0.15) is 0 Å². The molecule has 11 nitrogen and oxygen atoms in total. The number of nitrogens with two attached hydrogens (primary N) is 1. The summed E-state index contributed by atoms with van der Waals surface area (Å²) in [6, 6.07) is -1.52. The van der Waals surface area contributed by atoms with Gasteiger partial charge in [0.25, 0.3) is 0 Å². The molecule has 0 aromatic rings. The topological polar surface area (TPSA) is 172 Å². The van der Waals surface area contributed by atoms with Crippen LogP contribution in [0.5, 0.6) is 0 Å². The van der Waals surface area contributed by atoms with E-state index in [0.717, 1.165) is 44.9 Å². The number of carboxylic acids is 1. The predicted octanol–water partition coefficient (Wildman–Crippen LogP) is 13.6. The summed E-state index contributed by atoms with van der Waals surface area (Å²) in [5.41, 5.74) is 5.35. The van der Waals surface area contributed by atoms with Crippen molar-refractivity contribution >= 4 is 25.7 Å². The Bertz CT molecular complexity index is 1070. The van der Waals surface area contributed by atoms with Crippen LogP contribution in [0.25, 0.3) is 0 Å². The lowest BCUT2D eigenvalue weighted by Gasteiger charge is -2.20. The average Bonchev–Trinajstić information content (AvgIpc) is 3.22. The maximum absolute atomic E-state index is 12.7. The van der Waals surface area contributed by atoms with Gasteiger partial charge in [0.1, 0.15) is 12.6 Å². The lowest BCUT2D eigenvalue weighted by Crippen LogP contribution is -2.34. The van der Waals surface area contributed by atoms with E-state index in [2.05, 4.69) is 30.5 Å². The van der Waals surface area contributed by atoms with Crippen molar-refractivity contribution in [2.24, 2.45) is 5.73 Å². The van der Waals surface area contributed by atoms with Gasteiger partial charge in [-0.25, -0.2) is 4.57 Å². The molecule has 0 saturated carbocycles. The van der Waals surface area contributed by atoms with Gasteiger partial charge in [0, 0.05) is 12.8 Å². The van der Waals surface area contributed by atoms with Gasteiger partial charge in [-0.1, -0.05) is 206 Å². The van der Waals surface area contributed by atoms with Crippen molar-refractivity contribution in [1.29, 1.82) is 0 Å². The third-order valence-electron chi connectivity index (χ3n) is 11.0. The van der Waals surface area contributed by atoms with Crippen molar-refractivity contribution in [2.45, 2.75) is 257 Å². The molecule has 0 aliphatic rings. The zero-order valence-corrected chi connectivity index (χ0v) is 39.5. The minimum atomic E-state index is -4.72. The number of carbonyl (C=O) groups excluding carboxylic acids is 2. The first kappa shape index (κ1) is 58.2. The second-order valence-electron chi connectivity index (χ2n) is 17.0. The second-order valence-corrected chi connectivity index (χ2v) is 18.4. The molecule has 0 fully saturated rings. The average molecular weight is 874 g/mol. The number of phosphoric acid groups is 1. The standard InChI is InChI=1S/C48H92NO10P/c1-3-5-7-9-11-13-15-17-19-21-22-24-26-28-30-32-34-36-38-40-47(51)59-44(42-57-60(54,55)58-43-45(49)48(52)53)41-56-46(50)39-37-35-33-31-29-27-25-23-20-18-16-14-12-10-8-6-4-2/h18,20,44-45H,3-17,19,21-43,49H2,1-2H3,(H,52,53)(H,54,55)/b20-18+/t44-,45+/m1/s1. The van der Waals surface area contributed by atoms with Crippen LogP contribution in [0, 0.1) is 0 Å². The van der Waals surface area contributed by atoms with E-state index in [1.807, 2.05) is 0 Å². The van der Waals surface area contributed by atoms with Gasteiger partial charge in [0.15, 0.2) is 6.10 Å². The number of hydrogen-bond donors (Lipinski definition) is 3. The molecule has 0 bridgehead atoms. The lowest BCUT2D eigenvalue weighted by atomic mass is 10.0. The molecule has 3 atom stereocenters. The fourth-order valence-corrected chi connectivity index (χ4v) is 7.90. The highest BCUT2D eigenvalue weighted by Gasteiger charge is 2.28. The molecule has 0 aromatic heterocycles. The quantitative estimate of drug-likeness (QED) is 0.0230. The van der Waals surface area contributed by atoms with Gasteiger partial charge in [-0.3, -0.25) is 23.4 Å². The molecule has 0 aliphatic heterocycles. The molecule has 60 heavy (non-hydrogen) atoms. The van der Waals surface area contributed by atoms with Crippen LogP contribution < -0.4 is 5.73 Å². The molecule has 0 aliphatic carbocycles. The number of rotatable bonds is 47. The van der Waals surface area contributed by atoms with Gasteiger partial charge in [0.05, 0.1) is 13.2 Å². The van der Waals surface area contributed by atoms with Gasteiger partial charge in [-0.05, 0) is 38.5 Å². The fraction of sp³-hybridized carbons (Fsp3) is 0.896. The van der Waals surface area contributed by atoms with Crippen LogP contribution in [0.1, 0.15) is 245 Å². The Balaban J connectivity index is 4.25. The first-order valence-corrected chi connectivity index (χ1v) is 26.2. The van der Waals surface area contributed by atoms with Crippen molar-refractivity contribution in [3.63, 3.8) is 0 Å². The first-order valence-electron chi connectivity index (χ1n) is 24.7. The molecule has 0 saturated heterocycles. The Morgan fingerprint density at radius 2 is 0.833 bits per heavy atom. The lowest BCUT2D eigenvalue weighted by molar-refractivity contribution is -0.161. The molecule has 1 unspecified atom stereocenters. The third-order valence-corrected chi connectivity index (χ3v) is 12.0. The van der Waals surface area contributed by atoms with Crippen molar-refractivity contribution in [3.8, 4) is 0 Å². The minimum Gasteiger partial charge on any atom is -0.480 e. The molecule has 0 rings (SSSR count). The Labute approximate surface area is 367 Å². The van der Waals surface area contributed by atoms with Crippen LogP contribution in [-0.4, -0.2) is 59.9 Å². The second kappa shape index (κ2) is 43.9.